The van der Waals surface area contributed by atoms with E-state index in [4.69, 9.17) is 4.98 Å². The van der Waals surface area contributed by atoms with Gasteiger partial charge in [0.1, 0.15) is 5.52 Å². The average Bonchev–Trinajstić information content (AvgIpc) is 3.12. The van der Waals surface area contributed by atoms with Crippen molar-refractivity contribution in [2.75, 3.05) is 0 Å². The summed E-state index contributed by atoms with van der Waals surface area (Å²) < 4.78 is 46.3. The fraction of sp³-hybridized carbons (Fsp3) is 0.310. The fourth-order valence-corrected chi connectivity index (χ4v) is 5.85. The molecule has 0 aliphatic heterocycles. The zero-order valence-electron chi connectivity index (χ0n) is 20.7. The third-order valence-electron chi connectivity index (χ3n) is 7.83. The van der Waals surface area contributed by atoms with Crippen LogP contribution in [0.5, 0.6) is 0 Å². The molecule has 3 aromatic carbocycles. The number of hydrogen-bond acceptors (Lipinski definition) is 1. The van der Waals surface area contributed by atoms with Gasteiger partial charge in [0.05, 0.1) is 34.4 Å². The zero-order chi connectivity index (χ0) is 25.0. The third-order valence-corrected chi connectivity index (χ3v) is 7.83. The molecule has 0 unspecified atom stereocenters. The van der Waals surface area contributed by atoms with Crippen LogP contribution >= 0.6 is 0 Å². The summed E-state index contributed by atoms with van der Waals surface area (Å²) in [6, 6.07) is 12.1. The number of fused-ring (bicyclic) bond motifs is 6. The van der Waals surface area contributed by atoms with E-state index in [1.165, 1.54) is 25.0 Å². The zero-order valence-corrected chi connectivity index (χ0v) is 20.7. The minimum atomic E-state index is -4.32. The van der Waals surface area contributed by atoms with E-state index < -0.39 is 11.6 Å². The number of para-hydroxylation sites is 1. The Bertz CT molecular complexity index is 1820. The Morgan fingerprint density at radius 1 is 0.914 bits per heavy atom. The van der Waals surface area contributed by atoms with E-state index in [1.807, 2.05) is 35.9 Å². The molecule has 178 valence electrons. The van der Waals surface area contributed by atoms with Crippen LogP contribution in [0.15, 0.2) is 42.7 Å². The number of halogens is 3. The first-order valence-electron chi connectivity index (χ1n) is 11.8. The van der Waals surface area contributed by atoms with Crippen molar-refractivity contribution in [1.82, 2.24) is 9.38 Å². The van der Waals surface area contributed by atoms with Crippen LogP contribution in [0.3, 0.4) is 0 Å². The Balaban J connectivity index is 1.96. The van der Waals surface area contributed by atoms with Gasteiger partial charge in [-0.1, -0.05) is 38.1 Å². The molecule has 0 atom stereocenters. The number of aromatic nitrogens is 3. The second kappa shape index (κ2) is 6.84. The van der Waals surface area contributed by atoms with E-state index in [0.717, 1.165) is 54.7 Å². The van der Waals surface area contributed by atoms with Gasteiger partial charge in [-0.3, -0.25) is 0 Å². The predicted octanol–water partition coefficient (Wildman–Crippen LogP) is 7.27. The highest BCUT2D eigenvalue weighted by Gasteiger charge is 2.47. The van der Waals surface area contributed by atoms with Crippen LogP contribution in [0, 0.1) is 26.2 Å². The van der Waals surface area contributed by atoms with Gasteiger partial charge in [-0.15, -0.1) is 0 Å². The molecule has 0 saturated heterocycles. The summed E-state index contributed by atoms with van der Waals surface area (Å²) in [5.41, 5.74) is 7.22. The van der Waals surface area contributed by atoms with Crippen molar-refractivity contribution < 1.29 is 17.7 Å². The molecule has 0 saturated carbocycles. The molecule has 6 aromatic rings. The van der Waals surface area contributed by atoms with Crippen LogP contribution in [0.2, 0.25) is 0 Å². The molecule has 6 heteroatoms. The second-order valence-corrected chi connectivity index (χ2v) is 10.6. The highest BCUT2D eigenvalue weighted by Crippen LogP contribution is 2.46. The lowest BCUT2D eigenvalue weighted by atomic mass is 9.83. The number of pyridine rings is 1. The summed E-state index contributed by atoms with van der Waals surface area (Å²) in [5, 5.41) is 4.02. The number of alkyl halides is 3. The molecule has 3 aromatic heterocycles. The Morgan fingerprint density at radius 2 is 1.63 bits per heavy atom. The Kier molecular flexibility index (Phi) is 4.31. The number of rotatable bonds is 2. The van der Waals surface area contributed by atoms with E-state index in [1.54, 1.807) is 6.33 Å². The molecule has 35 heavy (non-hydrogen) atoms. The molecule has 6 rings (SSSR count). The summed E-state index contributed by atoms with van der Waals surface area (Å²) in [5.74, 6) is 0. The molecule has 3 nitrogen and oxygen atoms in total. The van der Waals surface area contributed by atoms with Crippen molar-refractivity contribution in [2.45, 2.75) is 47.2 Å². The lowest BCUT2D eigenvalue weighted by Crippen LogP contribution is -2.34. The van der Waals surface area contributed by atoms with Crippen LogP contribution in [0.1, 0.15) is 36.1 Å². The van der Waals surface area contributed by atoms with Crippen molar-refractivity contribution in [3.63, 3.8) is 0 Å². The maximum Gasteiger partial charge on any atom is 0.394 e. The molecule has 0 bridgehead atoms. The molecule has 0 aliphatic rings. The van der Waals surface area contributed by atoms with Gasteiger partial charge in [0.15, 0.2) is 5.52 Å². The first kappa shape index (κ1) is 22.1. The first-order chi connectivity index (χ1) is 16.4. The van der Waals surface area contributed by atoms with Crippen LogP contribution < -0.4 is 4.57 Å². The quantitative estimate of drug-likeness (QED) is 0.147. The number of benzene rings is 3. The molecule has 0 aliphatic carbocycles. The highest BCUT2D eigenvalue weighted by atomic mass is 19.4. The summed E-state index contributed by atoms with van der Waals surface area (Å²) >= 11 is 0. The average molecular weight is 475 g/mol. The molecular weight excluding hydrogens is 447 g/mol. The minimum absolute atomic E-state index is 0.117. The van der Waals surface area contributed by atoms with Crippen molar-refractivity contribution in [1.29, 1.82) is 0 Å². The molecule has 3 heterocycles. The highest BCUT2D eigenvalue weighted by molar-refractivity contribution is 6.27. The predicted molar refractivity (Wildman–Crippen MR) is 135 cm³/mol. The summed E-state index contributed by atoms with van der Waals surface area (Å²) in [6.45, 7) is 8.95. The Labute approximate surface area is 201 Å². The van der Waals surface area contributed by atoms with Crippen molar-refractivity contribution in [3.05, 3.63) is 65.0 Å². The number of hydrogen-bond donors (Lipinski definition) is 0. The molecule has 0 N–H and O–H groups in total. The van der Waals surface area contributed by atoms with E-state index in [2.05, 4.69) is 37.3 Å². The maximum atomic E-state index is 14.0. The monoisotopic (exact) mass is 474 g/mol. The summed E-state index contributed by atoms with van der Waals surface area (Å²) in [6.07, 6.45) is -2.65. The first-order valence-corrected chi connectivity index (χ1v) is 11.8. The van der Waals surface area contributed by atoms with Crippen LogP contribution in [0.25, 0.3) is 49.1 Å². The topological polar surface area (TPSA) is 21.2 Å². The SMILES string of the molecule is Cc1cc(C)c2c(c1C)c1c3c(cc(CC(C)(C)C(F)(F)F)c4c5ccccc5n2c43)nc[n+]1C. The van der Waals surface area contributed by atoms with Crippen LogP contribution in [-0.4, -0.2) is 15.6 Å². The lowest BCUT2D eigenvalue weighted by molar-refractivity contribution is -0.646. The van der Waals surface area contributed by atoms with Gasteiger partial charge in [0, 0.05) is 16.2 Å². The van der Waals surface area contributed by atoms with Gasteiger partial charge in [0.25, 0.3) is 6.33 Å². The minimum Gasteiger partial charge on any atom is -0.307 e. The normalized spacial score (nSPS) is 13.4. The molecule has 0 amide bonds. The van der Waals surface area contributed by atoms with Gasteiger partial charge in [0.2, 0.25) is 0 Å². The van der Waals surface area contributed by atoms with E-state index in [9.17, 15) is 13.2 Å². The smallest absolute Gasteiger partial charge is 0.307 e. The van der Waals surface area contributed by atoms with E-state index >= 15 is 0 Å². The van der Waals surface area contributed by atoms with E-state index in [0.29, 0.717) is 5.56 Å². The maximum absolute atomic E-state index is 14.0. The molecule has 0 radical (unpaired) electrons. The Morgan fingerprint density at radius 3 is 2.34 bits per heavy atom. The largest absolute Gasteiger partial charge is 0.394 e. The molecule has 0 fully saturated rings. The van der Waals surface area contributed by atoms with Gasteiger partial charge < -0.3 is 4.40 Å². The van der Waals surface area contributed by atoms with Crippen LogP contribution in [-0.2, 0) is 13.5 Å². The van der Waals surface area contributed by atoms with E-state index in [-0.39, 0.29) is 6.42 Å². The standard InChI is InChI=1S/C29H27F3N3/c1-15-11-16(2)25-22(17(15)3)26-24-20(33-14-34(26)6)12-18(13-28(4,5)29(30,31)32)23-19-9-7-8-10-21(19)35(25)27(23)24/h7-12,14H,13H2,1-6H3/q+1. The van der Waals surface area contributed by atoms with Crippen molar-refractivity contribution >= 4 is 49.1 Å². The summed E-state index contributed by atoms with van der Waals surface area (Å²) in [4.78, 5) is 4.71. The van der Waals surface area contributed by atoms with Gasteiger partial charge >= 0.3 is 6.18 Å². The Hall–Kier alpha value is -3.41. The lowest BCUT2D eigenvalue weighted by Gasteiger charge is -2.28. The molecule has 0 spiro atoms. The van der Waals surface area contributed by atoms with Gasteiger partial charge in [-0.05, 0) is 66.6 Å². The van der Waals surface area contributed by atoms with Gasteiger partial charge in [-0.2, -0.15) is 13.2 Å². The van der Waals surface area contributed by atoms with Crippen molar-refractivity contribution in [2.24, 2.45) is 12.5 Å². The summed E-state index contributed by atoms with van der Waals surface area (Å²) in [7, 11) is 1.99. The third kappa shape index (κ3) is 2.79. The second-order valence-electron chi connectivity index (χ2n) is 10.6. The van der Waals surface area contributed by atoms with Crippen molar-refractivity contribution in [3.8, 4) is 0 Å². The van der Waals surface area contributed by atoms with Crippen LogP contribution in [0.4, 0.5) is 13.2 Å². The fourth-order valence-electron chi connectivity index (χ4n) is 5.85. The number of nitrogens with zero attached hydrogens (tertiary/aromatic N) is 3. The molecular formula is C29H27F3N3+. The number of aryl methyl sites for hydroxylation is 4. The van der Waals surface area contributed by atoms with Gasteiger partial charge in [-0.25, -0.2) is 4.57 Å².